The molecular formula is C18H27N3O3S. The summed E-state index contributed by atoms with van der Waals surface area (Å²) in [5.41, 5.74) is 1.86. The van der Waals surface area contributed by atoms with Crippen LogP contribution in [0.15, 0.2) is 23.1 Å². The van der Waals surface area contributed by atoms with E-state index >= 15 is 0 Å². The minimum absolute atomic E-state index is 0.0436. The van der Waals surface area contributed by atoms with Crippen molar-refractivity contribution >= 4 is 21.6 Å². The largest absolute Gasteiger partial charge is 0.359 e. The van der Waals surface area contributed by atoms with Crippen molar-refractivity contribution in [2.45, 2.75) is 68.8 Å². The highest BCUT2D eigenvalue weighted by molar-refractivity contribution is 7.89. The van der Waals surface area contributed by atoms with E-state index in [0.717, 1.165) is 30.5 Å². The van der Waals surface area contributed by atoms with Crippen molar-refractivity contribution in [3.63, 3.8) is 0 Å². The van der Waals surface area contributed by atoms with E-state index in [1.165, 1.54) is 31.7 Å². The van der Waals surface area contributed by atoms with Gasteiger partial charge in [0, 0.05) is 17.8 Å². The fourth-order valence-corrected chi connectivity index (χ4v) is 4.51. The van der Waals surface area contributed by atoms with Crippen LogP contribution in [0.3, 0.4) is 0 Å². The highest BCUT2D eigenvalue weighted by Gasteiger charge is 2.29. The van der Waals surface area contributed by atoms with E-state index in [1.54, 1.807) is 12.1 Å². The fourth-order valence-electron chi connectivity index (χ4n) is 3.94. The first-order chi connectivity index (χ1) is 11.8. The maximum atomic E-state index is 12.5. The monoisotopic (exact) mass is 365 g/mol. The Balaban J connectivity index is 1.68. The molecule has 1 aliphatic carbocycles. The third-order valence-electron chi connectivity index (χ3n) is 5.27. The molecule has 0 spiro atoms. The summed E-state index contributed by atoms with van der Waals surface area (Å²) in [6.45, 7) is 2.36. The van der Waals surface area contributed by atoms with E-state index in [-0.39, 0.29) is 22.9 Å². The number of amides is 1. The van der Waals surface area contributed by atoms with E-state index < -0.39 is 10.0 Å². The van der Waals surface area contributed by atoms with Crippen LogP contribution in [0, 0.1) is 0 Å². The molecule has 2 aliphatic rings. The van der Waals surface area contributed by atoms with Gasteiger partial charge < -0.3 is 10.2 Å². The van der Waals surface area contributed by atoms with Crippen LogP contribution < -0.4 is 15.4 Å². The molecule has 1 unspecified atom stereocenters. The highest BCUT2D eigenvalue weighted by atomic mass is 32.2. The predicted octanol–water partition coefficient (Wildman–Crippen LogP) is 1.92. The topological polar surface area (TPSA) is 92.5 Å². The molecule has 138 valence electrons. The van der Waals surface area contributed by atoms with E-state index in [9.17, 15) is 13.2 Å². The van der Waals surface area contributed by atoms with Gasteiger partial charge in [-0.2, -0.15) is 0 Å². The van der Waals surface area contributed by atoms with Crippen molar-refractivity contribution < 1.29 is 13.2 Å². The number of hydrogen-bond acceptors (Lipinski definition) is 4. The van der Waals surface area contributed by atoms with E-state index in [0.29, 0.717) is 6.54 Å². The molecule has 3 N–H and O–H groups in total. The van der Waals surface area contributed by atoms with Crippen LogP contribution in [-0.4, -0.2) is 33.0 Å². The van der Waals surface area contributed by atoms with Gasteiger partial charge in [-0.15, -0.1) is 0 Å². The van der Waals surface area contributed by atoms with Crippen molar-refractivity contribution in [1.29, 1.82) is 0 Å². The Labute approximate surface area is 149 Å². The second-order valence-corrected chi connectivity index (χ2v) is 8.83. The number of nitrogens with two attached hydrogens (primary N) is 1. The van der Waals surface area contributed by atoms with Gasteiger partial charge in [0.15, 0.2) is 0 Å². The first-order valence-electron chi connectivity index (χ1n) is 9.06. The lowest BCUT2D eigenvalue weighted by molar-refractivity contribution is -0.120. The average Bonchev–Trinajstić information content (AvgIpc) is 2.71. The van der Waals surface area contributed by atoms with Gasteiger partial charge in [0.25, 0.3) is 0 Å². The summed E-state index contributed by atoms with van der Waals surface area (Å²) in [6, 6.07) is 5.35. The number of sulfonamides is 1. The molecule has 1 atom stereocenters. The first-order valence-corrected chi connectivity index (χ1v) is 10.6. The SMILES string of the molecule is CC1Cc2cc(S(N)(=O)=O)ccc2N1CC(=O)NC1CCCCCC1. The van der Waals surface area contributed by atoms with Gasteiger partial charge >= 0.3 is 0 Å². The minimum atomic E-state index is -3.70. The van der Waals surface area contributed by atoms with Gasteiger partial charge in [-0.3, -0.25) is 4.79 Å². The summed E-state index contributed by atoms with van der Waals surface area (Å²) in [7, 11) is -3.70. The summed E-state index contributed by atoms with van der Waals surface area (Å²) in [6.07, 6.45) is 7.74. The Morgan fingerprint density at radius 3 is 2.56 bits per heavy atom. The molecule has 25 heavy (non-hydrogen) atoms. The number of carbonyl (C=O) groups excluding carboxylic acids is 1. The maximum Gasteiger partial charge on any atom is 0.239 e. The number of rotatable bonds is 4. The average molecular weight is 365 g/mol. The molecule has 1 aromatic carbocycles. The second-order valence-electron chi connectivity index (χ2n) is 7.27. The number of nitrogens with one attached hydrogen (secondary N) is 1. The molecule has 3 rings (SSSR count). The predicted molar refractivity (Wildman–Crippen MR) is 98.0 cm³/mol. The zero-order valence-electron chi connectivity index (χ0n) is 14.7. The molecule has 1 fully saturated rings. The lowest BCUT2D eigenvalue weighted by Gasteiger charge is -2.26. The Bertz CT molecular complexity index is 740. The number of benzene rings is 1. The molecule has 1 amide bonds. The Morgan fingerprint density at radius 1 is 1.24 bits per heavy atom. The van der Waals surface area contributed by atoms with Crippen LogP contribution in [0.4, 0.5) is 5.69 Å². The van der Waals surface area contributed by atoms with Crippen molar-refractivity contribution in [2.24, 2.45) is 5.14 Å². The van der Waals surface area contributed by atoms with Crippen molar-refractivity contribution in [3.8, 4) is 0 Å². The van der Waals surface area contributed by atoms with Gasteiger partial charge in [-0.1, -0.05) is 25.7 Å². The lowest BCUT2D eigenvalue weighted by Crippen LogP contribution is -2.43. The van der Waals surface area contributed by atoms with Gasteiger partial charge in [-0.05, 0) is 49.9 Å². The van der Waals surface area contributed by atoms with E-state index in [2.05, 4.69) is 12.2 Å². The van der Waals surface area contributed by atoms with Gasteiger partial charge in [0.1, 0.15) is 0 Å². The number of carbonyl (C=O) groups is 1. The molecular weight excluding hydrogens is 338 g/mol. The fraction of sp³-hybridized carbons (Fsp3) is 0.611. The molecule has 0 aromatic heterocycles. The van der Waals surface area contributed by atoms with Gasteiger partial charge in [0.05, 0.1) is 11.4 Å². The second kappa shape index (κ2) is 7.33. The first kappa shape index (κ1) is 18.2. The quantitative estimate of drug-likeness (QED) is 0.798. The molecule has 0 bridgehead atoms. The van der Waals surface area contributed by atoms with E-state index in [4.69, 9.17) is 5.14 Å². The molecule has 7 heteroatoms. The molecule has 0 saturated heterocycles. The summed E-state index contributed by atoms with van der Waals surface area (Å²) >= 11 is 0. The highest BCUT2D eigenvalue weighted by Crippen LogP contribution is 2.33. The standard InChI is InChI=1S/C18H27N3O3S/c1-13-10-14-11-16(25(19,23)24)8-9-17(14)21(13)12-18(22)20-15-6-4-2-3-5-7-15/h8-9,11,13,15H,2-7,10,12H2,1H3,(H,20,22)(H2,19,23,24). The number of hydrogen-bond donors (Lipinski definition) is 2. The normalized spacial score (nSPS) is 21.7. The molecule has 0 radical (unpaired) electrons. The molecule has 1 aliphatic heterocycles. The summed E-state index contributed by atoms with van der Waals surface area (Å²) < 4.78 is 23.0. The zero-order chi connectivity index (χ0) is 18.0. The van der Waals surface area contributed by atoms with Crippen LogP contribution in [0.5, 0.6) is 0 Å². The molecule has 1 aromatic rings. The van der Waals surface area contributed by atoms with Gasteiger partial charge in [0.2, 0.25) is 15.9 Å². The molecule has 1 heterocycles. The van der Waals surface area contributed by atoms with Crippen LogP contribution in [0.1, 0.15) is 51.0 Å². The zero-order valence-corrected chi connectivity index (χ0v) is 15.5. The van der Waals surface area contributed by atoms with Crippen molar-refractivity contribution in [2.75, 3.05) is 11.4 Å². The summed E-state index contributed by atoms with van der Waals surface area (Å²) in [5.74, 6) is 0.0436. The van der Waals surface area contributed by atoms with E-state index in [1.807, 2.05) is 4.90 Å². The molecule has 6 nitrogen and oxygen atoms in total. The number of nitrogens with zero attached hydrogens (tertiary/aromatic N) is 1. The number of anilines is 1. The van der Waals surface area contributed by atoms with Crippen LogP contribution in [0.25, 0.3) is 0 Å². The Kier molecular flexibility index (Phi) is 5.34. The maximum absolute atomic E-state index is 12.5. The van der Waals surface area contributed by atoms with Crippen molar-refractivity contribution in [1.82, 2.24) is 5.32 Å². The van der Waals surface area contributed by atoms with Crippen molar-refractivity contribution in [3.05, 3.63) is 23.8 Å². The Hall–Kier alpha value is -1.60. The van der Waals surface area contributed by atoms with Crippen LogP contribution in [-0.2, 0) is 21.2 Å². The third-order valence-corrected chi connectivity index (χ3v) is 6.18. The third kappa shape index (κ3) is 4.33. The smallest absolute Gasteiger partial charge is 0.239 e. The Morgan fingerprint density at radius 2 is 1.92 bits per heavy atom. The summed E-state index contributed by atoms with van der Waals surface area (Å²) in [5, 5.41) is 8.39. The lowest BCUT2D eigenvalue weighted by atomic mass is 10.1. The number of primary sulfonamides is 1. The minimum Gasteiger partial charge on any atom is -0.359 e. The number of fused-ring (bicyclic) bond motifs is 1. The van der Waals surface area contributed by atoms with Gasteiger partial charge in [-0.25, -0.2) is 13.6 Å². The van der Waals surface area contributed by atoms with Crippen LogP contribution >= 0.6 is 0 Å². The van der Waals surface area contributed by atoms with Crippen LogP contribution in [0.2, 0.25) is 0 Å². The molecule has 1 saturated carbocycles. The summed E-state index contributed by atoms with van der Waals surface area (Å²) in [4.78, 5) is 14.7.